The summed E-state index contributed by atoms with van der Waals surface area (Å²) in [6, 6.07) is 3.46. The van der Waals surface area contributed by atoms with Crippen LogP contribution in [0.5, 0.6) is 0 Å². The Bertz CT molecular complexity index is 373. The van der Waals surface area contributed by atoms with Gasteiger partial charge in [0.2, 0.25) is 0 Å². The number of hydrogen-bond acceptors (Lipinski definition) is 2. The van der Waals surface area contributed by atoms with Crippen molar-refractivity contribution in [2.24, 2.45) is 0 Å². The quantitative estimate of drug-likeness (QED) is 0.423. The lowest BCUT2D eigenvalue weighted by molar-refractivity contribution is 0.101. The summed E-state index contributed by atoms with van der Waals surface area (Å²) in [5.74, 6) is 6.26. The molecule has 0 spiro atoms. The Balaban J connectivity index is 2.75. The van der Waals surface area contributed by atoms with E-state index < -0.39 is 0 Å². The predicted molar refractivity (Wildman–Crippen MR) is 56.5 cm³/mol. The molecule has 0 atom stereocenters. The zero-order chi connectivity index (χ0) is 10.4. The second-order valence-electron chi connectivity index (χ2n) is 2.73. The molecule has 0 unspecified atom stereocenters. The number of hydrogen-bond donors (Lipinski definition) is 0. The van der Waals surface area contributed by atoms with Gasteiger partial charge in [0.05, 0.1) is 0 Å². The summed E-state index contributed by atoms with van der Waals surface area (Å²) in [5, 5.41) is 0. The monoisotopic (exact) mass is 207 g/mol. The van der Waals surface area contributed by atoms with E-state index in [1.54, 1.807) is 12.1 Å². The molecule has 0 aliphatic heterocycles. The molecule has 1 aromatic rings. The molecule has 0 amide bonds. The smallest absolute Gasteiger partial charge is 0.161 e. The van der Waals surface area contributed by atoms with E-state index in [1.165, 1.54) is 13.1 Å². The Labute approximate surface area is 88.3 Å². The molecule has 1 aromatic heterocycles. The van der Waals surface area contributed by atoms with Crippen LogP contribution in [0.25, 0.3) is 0 Å². The number of aromatic nitrogens is 1. The van der Waals surface area contributed by atoms with Crippen LogP contribution in [-0.4, -0.2) is 16.6 Å². The van der Waals surface area contributed by atoms with Crippen LogP contribution in [0.2, 0.25) is 0 Å². The van der Waals surface area contributed by atoms with Gasteiger partial charge in [0.15, 0.2) is 5.78 Å². The third-order valence-corrected chi connectivity index (χ3v) is 1.79. The summed E-state index contributed by atoms with van der Waals surface area (Å²) in [4.78, 5) is 15.0. The van der Waals surface area contributed by atoms with Gasteiger partial charge >= 0.3 is 0 Å². The third kappa shape index (κ3) is 3.20. The van der Waals surface area contributed by atoms with Gasteiger partial charge in [0.1, 0.15) is 5.69 Å². The number of carbonyl (C=O) groups excluding carboxylic acids is 1. The zero-order valence-corrected chi connectivity index (χ0v) is 8.64. The zero-order valence-electron chi connectivity index (χ0n) is 7.88. The maximum atomic E-state index is 10.9. The van der Waals surface area contributed by atoms with Gasteiger partial charge in [-0.1, -0.05) is 5.92 Å². The van der Waals surface area contributed by atoms with Gasteiger partial charge in [-0.05, 0) is 25.0 Å². The lowest BCUT2D eigenvalue weighted by Gasteiger charge is -1.93. The summed E-state index contributed by atoms with van der Waals surface area (Å²) in [7, 11) is 0. The fraction of sp³-hybridized carbons (Fsp3) is 0.273. The molecule has 2 nitrogen and oxygen atoms in total. The number of alkyl halides is 1. The van der Waals surface area contributed by atoms with Crippen LogP contribution in [0, 0.1) is 11.8 Å². The molecule has 0 saturated carbocycles. The highest BCUT2D eigenvalue weighted by Gasteiger charge is 1.97. The molecule has 0 aliphatic rings. The average molecular weight is 208 g/mol. The van der Waals surface area contributed by atoms with Crippen LogP contribution >= 0.6 is 11.6 Å². The topological polar surface area (TPSA) is 30.0 Å². The first-order chi connectivity index (χ1) is 6.74. The first-order valence-corrected chi connectivity index (χ1v) is 4.79. The number of ketones is 1. The second kappa shape index (κ2) is 5.41. The van der Waals surface area contributed by atoms with Gasteiger partial charge in [-0.3, -0.25) is 4.79 Å². The van der Waals surface area contributed by atoms with Gasteiger partial charge in [0, 0.05) is 24.1 Å². The lowest BCUT2D eigenvalue weighted by Crippen LogP contribution is -1.93. The molecule has 3 heteroatoms. The molecule has 0 N–H and O–H groups in total. The summed E-state index contributed by atoms with van der Waals surface area (Å²) in [5.41, 5.74) is 1.27. The Kier molecular flexibility index (Phi) is 4.15. The Morgan fingerprint density at radius 3 is 2.86 bits per heavy atom. The van der Waals surface area contributed by atoms with Crippen LogP contribution in [-0.2, 0) is 0 Å². The minimum absolute atomic E-state index is 0.0118. The van der Waals surface area contributed by atoms with Crippen molar-refractivity contribution in [1.82, 2.24) is 4.98 Å². The maximum Gasteiger partial charge on any atom is 0.161 e. The van der Waals surface area contributed by atoms with Gasteiger partial charge in [0.25, 0.3) is 0 Å². The van der Waals surface area contributed by atoms with Gasteiger partial charge in [-0.15, -0.1) is 11.6 Å². The van der Waals surface area contributed by atoms with E-state index in [2.05, 4.69) is 16.8 Å². The molecule has 0 aromatic carbocycles. The van der Waals surface area contributed by atoms with Gasteiger partial charge in [-0.2, -0.15) is 0 Å². The number of halogens is 1. The van der Waals surface area contributed by atoms with E-state index in [4.69, 9.17) is 11.6 Å². The van der Waals surface area contributed by atoms with Gasteiger partial charge in [-0.25, -0.2) is 4.98 Å². The van der Waals surface area contributed by atoms with Crippen molar-refractivity contribution < 1.29 is 4.79 Å². The van der Waals surface area contributed by atoms with Crippen molar-refractivity contribution in [1.29, 1.82) is 0 Å². The van der Waals surface area contributed by atoms with E-state index in [-0.39, 0.29) is 5.78 Å². The minimum atomic E-state index is 0.0118. The molecule has 1 heterocycles. The molecule has 1 rings (SSSR count). The Morgan fingerprint density at radius 1 is 1.57 bits per heavy atom. The van der Waals surface area contributed by atoms with Crippen molar-refractivity contribution in [2.45, 2.75) is 13.3 Å². The molecule has 72 valence electrons. The number of nitrogens with zero attached hydrogens (tertiary/aromatic N) is 1. The average Bonchev–Trinajstić information content (AvgIpc) is 2.19. The standard InChI is InChI=1S/C11H10ClNO/c1-9(14)10-5-6-11(13-8-10)4-2-3-7-12/h5-6,8H,3,7H2,1H3. The van der Waals surface area contributed by atoms with Crippen LogP contribution in [0.3, 0.4) is 0 Å². The normalized spacial score (nSPS) is 9.00. The predicted octanol–water partition coefficient (Wildman–Crippen LogP) is 2.26. The van der Waals surface area contributed by atoms with E-state index in [0.29, 0.717) is 23.6 Å². The number of pyridine rings is 1. The fourth-order valence-corrected chi connectivity index (χ4v) is 0.971. The highest BCUT2D eigenvalue weighted by atomic mass is 35.5. The van der Waals surface area contributed by atoms with Crippen LogP contribution in [0.1, 0.15) is 29.4 Å². The summed E-state index contributed by atoms with van der Waals surface area (Å²) in [6.45, 7) is 1.51. The van der Waals surface area contributed by atoms with Crippen LogP contribution in [0.15, 0.2) is 18.3 Å². The fourth-order valence-electron chi connectivity index (χ4n) is 0.876. The van der Waals surface area contributed by atoms with Crippen molar-refractivity contribution >= 4 is 17.4 Å². The van der Waals surface area contributed by atoms with Crippen molar-refractivity contribution in [2.75, 3.05) is 5.88 Å². The summed E-state index contributed by atoms with van der Waals surface area (Å²) < 4.78 is 0. The van der Waals surface area contributed by atoms with E-state index in [1.807, 2.05) is 0 Å². The minimum Gasteiger partial charge on any atom is -0.294 e. The molecule has 0 saturated heterocycles. The Morgan fingerprint density at radius 2 is 2.36 bits per heavy atom. The summed E-state index contributed by atoms with van der Waals surface area (Å²) in [6.07, 6.45) is 2.19. The molecule has 0 aliphatic carbocycles. The Hall–Kier alpha value is -1.33. The molecule has 0 fully saturated rings. The number of Topliss-reactive ketones (excluding diaryl/α,β-unsaturated/α-hetero) is 1. The maximum absolute atomic E-state index is 10.9. The summed E-state index contributed by atoms with van der Waals surface area (Å²) >= 11 is 5.47. The molecule has 0 radical (unpaired) electrons. The van der Waals surface area contributed by atoms with Crippen LogP contribution < -0.4 is 0 Å². The highest BCUT2D eigenvalue weighted by Crippen LogP contribution is 1.99. The first kappa shape index (κ1) is 10.7. The molecular formula is C11H10ClNO. The molecular weight excluding hydrogens is 198 g/mol. The van der Waals surface area contributed by atoms with Gasteiger partial charge < -0.3 is 0 Å². The van der Waals surface area contributed by atoms with E-state index in [0.717, 1.165) is 0 Å². The molecule has 14 heavy (non-hydrogen) atoms. The number of rotatable bonds is 2. The largest absolute Gasteiger partial charge is 0.294 e. The van der Waals surface area contributed by atoms with Crippen molar-refractivity contribution in [3.05, 3.63) is 29.6 Å². The SMILES string of the molecule is CC(=O)c1ccc(C#CCCCl)nc1. The second-order valence-corrected chi connectivity index (χ2v) is 3.11. The molecule has 0 bridgehead atoms. The van der Waals surface area contributed by atoms with E-state index in [9.17, 15) is 4.79 Å². The van der Waals surface area contributed by atoms with E-state index >= 15 is 0 Å². The van der Waals surface area contributed by atoms with Crippen molar-refractivity contribution in [3.8, 4) is 11.8 Å². The highest BCUT2D eigenvalue weighted by molar-refractivity contribution is 6.18. The number of carbonyl (C=O) groups is 1. The van der Waals surface area contributed by atoms with Crippen LogP contribution in [0.4, 0.5) is 0 Å². The first-order valence-electron chi connectivity index (χ1n) is 4.26. The van der Waals surface area contributed by atoms with Crippen molar-refractivity contribution in [3.63, 3.8) is 0 Å². The lowest BCUT2D eigenvalue weighted by atomic mass is 10.2. The third-order valence-electron chi connectivity index (χ3n) is 1.61.